The van der Waals surface area contributed by atoms with Gasteiger partial charge in [0, 0.05) is 0 Å². The number of aryl methyl sites for hydroxylation is 2. The summed E-state index contributed by atoms with van der Waals surface area (Å²) < 4.78 is 40.2. The van der Waals surface area contributed by atoms with Crippen LogP contribution in [0.5, 0.6) is 5.75 Å². The zero-order valence-electron chi connectivity index (χ0n) is 12.1. The average Bonchev–Trinajstić information content (AvgIpc) is 2.37. The molecule has 1 atom stereocenters. The van der Waals surface area contributed by atoms with Gasteiger partial charge in [-0.05, 0) is 48.2 Å². The van der Waals surface area contributed by atoms with Crippen LogP contribution in [0.2, 0.25) is 0 Å². The minimum absolute atomic E-state index is 0. The Morgan fingerprint density at radius 1 is 0.955 bits per heavy atom. The molecule has 0 radical (unpaired) electrons. The van der Waals surface area contributed by atoms with Gasteiger partial charge >= 0.3 is 6.36 Å². The molecule has 22 heavy (non-hydrogen) atoms. The highest BCUT2D eigenvalue weighted by atomic mass is 35.5. The third-order valence-corrected chi connectivity index (χ3v) is 3.33. The minimum atomic E-state index is -4.68. The van der Waals surface area contributed by atoms with E-state index in [1.807, 2.05) is 32.0 Å². The van der Waals surface area contributed by atoms with Gasteiger partial charge in [-0.2, -0.15) is 0 Å². The van der Waals surface area contributed by atoms with E-state index < -0.39 is 6.36 Å². The summed E-state index contributed by atoms with van der Waals surface area (Å²) in [5.41, 5.74) is 10.1. The third kappa shape index (κ3) is 4.39. The second-order valence-corrected chi connectivity index (χ2v) is 4.90. The van der Waals surface area contributed by atoms with Crippen LogP contribution in [0, 0.1) is 13.8 Å². The van der Waals surface area contributed by atoms with Crippen molar-refractivity contribution in [1.82, 2.24) is 0 Å². The molecule has 0 aliphatic rings. The summed E-state index contributed by atoms with van der Waals surface area (Å²) in [4.78, 5) is 0. The van der Waals surface area contributed by atoms with Gasteiger partial charge < -0.3 is 10.5 Å². The van der Waals surface area contributed by atoms with Gasteiger partial charge in [0.1, 0.15) is 5.75 Å². The highest BCUT2D eigenvalue weighted by Crippen LogP contribution is 2.28. The summed E-state index contributed by atoms with van der Waals surface area (Å²) in [6.07, 6.45) is -4.68. The Hall–Kier alpha value is -1.72. The van der Waals surface area contributed by atoms with Crippen molar-refractivity contribution >= 4 is 12.4 Å². The highest BCUT2D eigenvalue weighted by Gasteiger charge is 2.31. The first-order valence-corrected chi connectivity index (χ1v) is 6.45. The number of hydrogen-bond donors (Lipinski definition) is 1. The van der Waals surface area contributed by atoms with Gasteiger partial charge in [-0.3, -0.25) is 0 Å². The van der Waals surface area contributed by atoms with E-state index in [1.54, 1.807) is 12.1 Å². The topological polar surface area (TPSA) is 35.2 Å². The lowest BCUT2D eigenvalue weighted by Gasteiger charge is -2.18. The maximum atomic E-state index is 12.1. The summed E-state index contributed by atoms with van der Waals surface area (Å²) in [6, 6.07) is 11.1. The molecule has 0 heterocycles. The van der Waals surface area contributed by atoms with E-state index in [0.29, 0.717) is 0 Å². The molecule has 2 N–H and O–H groups in total. The van der Waals surface area contributed by atoms with Crippen LogP contribution in [-0.4, -0.2) is 6.36 Å². The van der Waals surface area contributed by atoms with Gasteiger partial charge in [0.15, 0.2) is 0 Å². The molecule has 0 bridgehead atoms. The number of benzene rings is 2. The van der Waals surface area contributed by atoms with Gasteiger partial charge in [-0.25, -0.2) is 0 Å². The number of halogens is 4. The lowest BCUT2D eigenvalue weighted by Crippen LogP contribution is -2.17. The molecule has 0 aliphatic heterocycles. The molecular formula is C16H17ClF3NO. The molecule has 0 amide bonds. The first-order chi connectivity index (χ1) is 9.78. The minimum Gasteiger partial charge on any atom is -0.406 e. The molecule has 0 aromatic heterocycles. The summed E-state index contributed by atoms with van der Waals surface area (Å²) in [7, 11) is 0. The van der Waals surface area contributed by atoms with E-state index in [9.17, 15) is 13.2 Å². The van der Waals surface area contributed by atoms with Crippen molar-refractivity contribution in [3.63, 3.8) is 0 Å². The van der Waals surface area contributed by atoms with Crippen LogP contribution >= 0.6 is 12.4 Å². The Bertz CT molecular complexity index is 606. The van der Waals surface area contributed by atoms with E-state index in [2.05, 4.69) is 4.74 Å². The molecule has 0 spiro atoms. The van der Waals surface area contributed by atoms with Crippen LogP contribution in [-0.2, 0) is 0 Å². The normalized spacial score (nSPS) is 12.5. The molecule has 0 saturated heterocycles. The largest absolute Gasteiger partial charge is 0.573 e. The molecule has 0 aliphatic carbocycles. The van der Waals surface area contributed by atoms with Crippen molar-refractivity contribution in [2.24, 2.45) is 5.73 Å². The van der Waals surface area contributed by atoms with E-state index in [-0.39, 0.29) is 24.2 Å². The Labute approximate surface area is 133 Å². The van der Waals surface area contributed by atoms with Gasteiger partial charge in [0.05, 0.1) is 6.04 Å². The first-order valence-electron chi connectivity index (χ1n) is 6.45. The predicted molar refractivity (Wildman–Crippen MR) is 82.3 cm³/mol. The third-order valence-electron chi connectivity index (χ3n) is 3.33. The van der Waals surface area contributed by atoms with Crippen LogP contribution in [0.3, 0.4) is 0 Å². The zero-order chi connectivity index (χ0) is 15.6. The molecule has 2 aromatic rings. The van der Waals surface area contributed by atoms with Crippen molar-refractivity contribution in [3.8, 4) is 5.75 Å². The fourth-order valence-corrected chi connectivity index (χ4v) is 2.36. The lowest BCUT2D eigenvalue weighted by atomic mass is 9.92. The van der Waals surface area contributed by atoms with Crippen molar-refractivity contribution in [2.75, 3.05) is 0 Å². The van der Waals surface area contributed by atoms with Crippen LogP contribution in [0.25, 0.3) is 0 Å². The average molecular weight is 332 g/mol. The Kier molecular flexibility index (Phi) is 5.85. The SMILES string of the molecule is Cc1cccc(C)c1[C@@H](N)c1ccc(OC(F)(F)F)cc1.Cl. The zero-order valence-corrected chi connectivity index (χ0v) is 13.0. The van der Waals surface area contributed by atoms with Crippen molar-refractivity contribution in [3.05, 3.63) is 64.7 Å². The van der Waals surface area contributed by atoms with Crippen LogP contribution < -0.4 is 10.5 Å². The van der Waals surface area contributed by atoms with E-state index in [0.717, 1.165) is 22.3 Å². The lowest BCUT2D eigenvalue weighted by molar-refractivity contribution is -0.274. The summed E-state index contributed by atoms with van der Waals surface area (Å²) in [5.74, 6) is -0.250. The van der Waals surface area contributed by atoms with Gasteiger partial charge in [0.2, 0.25) is 0 Å². The maximum Gasteiger partial charge on any atom is 0.573 e. The fraction of sp³-hybridized carbons (Fsp3) is 0.250. The number of alkyl halides is 3. The van der Waals surface area contributed by atoms with Crippen LogP contribution in [0.15, 0.2) is 42.5 Å². The van der Waals surface area contributed by atoms with E-state index >= 15 is 0 Å². The van der Waals surface area contributed by atoms with Crippen LogP contribution in [0.4, 0.5) is 13.2 Å². The molecule has 6 heteroatoms. The number of hydrogen-bond acceptors (Lipinski definition) is 2. The number of rotatable bonds is 3. The maximum absolute atomic E-state index is 12.1. The summed E-state index contributed by atoms with van der Waals surface area (Å²) in [6.45, 7) is 3.92. The molecule has 0 saturated carbocycles. The molecule has 2 aromatic carbocycles. The number of ether oxygens (including phenoxy) is 1. The highest BCUT2D eigenvalue weighted by molar-refractivity contribution is 5.85. The Morgan fingerprint density at radius 2 is 1.45 bits per heavy atom. The second-order valence-electron chi connectivity index (χ2n) is 4.90. The smallest absolute Gasteiger partial charge is 0.406 e. The van der Waals surface area contributed by atoms with E-state index in [1.165, 1.54) is 12.1 Å². The van der Waals surface area contributed by atoms with Crippen LogP contribution in [0.1, 0.15) is 28.3 Å². The Morgan fingerprint density at radius 3 is 1.91 bits per heavy atom. The predicted octanol–water partition coefficient (Wildman–Crippen LogP) is 4.67. The summed E-state index contributed by atoms with van der Waals surface area (Å²) in [5, 5.41) is 0. The molecular weight excluding hydrogens is 315 g/mol. The molecule has 120 valence electrons. The van der Waals surface area contributed by atoms with Crippen molar-refractivity contribution < 1.29 is 17.9 Å². The molecule has 0 unspecified atom stereocenters. The van der Waals surface area contributed by atoms with Gasteiger partial charge in [-0.1, -0.05) is 30.3 Å². The standard InChI is InChI=1S/C16H16F3NO.ClH/c1-10-4-3-5-11(2)14(10)15(20)12-6-8-13(9-7-12)21-16(17,18)19;/h3-9,15H,20H2,1-2H3;1H/t15-;/m0./s1. The van der Waals surface area contributed by atoms with Gasteiger partial charge in [0.25, 0.3) is 0 Å². The molecule has 0 fully saturated rings. The summed E-state index contributed by atoms with van der Waals surface area (Å²) >= 11 is 0. The fourth-order valence-electron chi connectivity index (χ4n) is 2.36. The molecule has 2 nitrogen and oxygen atoms in total. The Balaban J connectivity index is 0.00000242. The first kappa shape index (κ1) is 18.3. The molecule has 2 rings (SSSR count). The van der Waals surface area contributed by atoms with E-state index in [4.69, 9.17) is 5.73 Å². The van der Waals surface area contributed by atoms with Gasteiger partial charge in [-0.15, -0.1) is 25.6 Å². The quantitative estimate of drug-likeness (QED) is 0.887. The van der Waals surface area contributed by atoms with Crippen molar-refractivity contribution in [2.45, 2.75) is 26.3 Å². The second kappa shape index (κ2) is 7.03. The number of nitrogens with two attached hydrogens (primary N) is 1. The van der Waals surface area contributed by atoms with Crippen molar-refractivity contribution in [1.29, 1.82) is 0 Å². The monoisotopic (exact) mass is 331 g/mol.